The molecule has 10 nitrogen and oxygen atoms in total. The fourth-order valence-corrected chi connectivity index (χ4v) is 3.60. The van der Waals surface area contributed by atoms with Crippen molar-refractivity contribution in [2.75, 3.05) is 5.32 Å². The topological polar surface area (TPSA) is 135 Å². The number of nitrogens with one attached hydrogen (secondary N) is 1. The van der Waals surface area contributed by atoms with Crippen molar-refractivity contribution in [1.29, 1.82) is 0 Å². The number of phenols is 1. The van der Waals surface area contributed by atoms with Gasteiger partial charge >= 0.3 is 12.1 Å². The summed E-state index contributed by atoms with van der Waals surface area (Å²) in [5, 5.41) is 25.6. The smallest absolute Gasteiger partial charge is 0.437 e. The lowest BCUT2D eigenvalue weighted by Gasteiger charge is -2.30. The van der Waals surface area contributed by atoms with E-state index in [1.54, 1.807) is 0 Å². The van der Waals surface area contributed by atoms with Gasteiger partial charge in [-0.1, -0.05) is 5.16 Å². The number of phenolic OH excluding ortho intramolecular Hbond substituents is 1. The Balaban J connectivity index is 1.40. The standard InChI is InChI=1S/C21H16F3N5O5/c22-21(23,24)17-14(9-33-28-17)15-8-26-19-18(25-3-4-29(15)19)27-10-1-2-13(16(31)5-10)20(32)34-12-6-11(30)7-12/h1-5,8-9,11-12,30-31H,6-7H2,(H,25,27). The Kier molecular flexibility index (Phi) is 5.12. The number of nitrogens with zero attached hydrogens (tertiary/aromatic N) is 4. The second-order valence-electron chi connectivity index (χ2n) is 7.70. The molecule has 3 heterocycles. The van der Waals surface area contributed by atoms with Gasteiger partial charge in [0.1, 0.15) is 23.7 Å². The molecule has 3 N–H and O–H groups in total. The van der Waals surface area contributed by atoms with Crippen LogP contribution in [0.3, 0.4) is 0 Å². The summed E-state index contributed by atoms with van der Waals surface area (Å²) in [5.41, 5.74) is -0.858. The Bertz CT molecular complexity index is 1380. The van der Waals surface area contributed by atoms with Crippen LogP contribution < -0.4 is 5.32 Å². The first-order valence-corrected chi connectivity index (χ1v) is 10.0. The van der Waals surface area contributed by atoms with E-state index in [4.69, 9.17) is 4.74 Å². The molecule has 0 unspecified atom stereocenters. The number of aliphatic hydroxyl groups excluding tert-OH is 1. The van der Waals surface area contributed by atoms with E-state index in [9.17, 15) is 28.2 Å². The molecule has 0 bridgehead atoms. The average Bonchev–Trinajstić information content (AvgIpc) is 3.40. The summed E-state index contributed by atoms with van der Waals surface area (Å²) in [7, 11) is 0. The molecule has 0 aliphatic heterocycles. The number of aromatic hydroxyl groups is 1. The number of imidazole rings is 1. The molecule has 0 radical (unpaired) electrons. The van der Waals surface area contributed by atoms with Crippen molar-refractivity contribution in [3.8, 4) is 17.0 Å². The molecular formula is C21H16F3N5O5. The Morgan fingerprint density at radius 2 is 2.06 bits per heavy atom. The average molecular weight is 475 g/mol. The van der Waals surface area contributed by atoms with Crippen LogP contribution in [-0.4, -0.2) is 47.9 Å². The fraction of sp³-hybridized carbons (Fsp3) is 0.238. The zero-order valence-corrected chi connectivity index (χ0v) is 17.2. The first-order chi connectivity index (χ1) is 16.2. The summed E-state index contributed by atoms with van der Waals surface area (Å²) >= 11 is 0. The molecule has 13 heteroatoms. The number of hydrogen-bond acceptors (Lipinski definition) is 9. The molecule has 1 fully saturated rings. The van der Waals surface area contributed by atoms with Gasteiger partial charge in [0.15, 0.2) is 17.2 Å². The van der Waals surface area contributed by atoms with Gasteiger partial charge in [-0.3, -0.25) is 4.40 Å². The maximum absolute atomic E-state index is 13.2. The van der Waals surface area contributed by atoms with E-state index in [0.717, 1.165) is 6.26 Å². The highest BCUT2D eigenvalue weighted by molar-refractivity contribution is 5.93. The zero-order valence-electron chi connectivity index (χ0n) is 17.2. The highest BCUT2D eigenvalue weighted by Crippen LogP contribution is 2.37. The van der Waals surface area contributed by atoms with E-state index in [1.165, 1.54) is 41.2 Å². The van der Waals surface area contributed by atoms with Crippen molar-refractivity contribution in [3.05, 3.63) is 54.3 Å². The largest absolute Gasteiger partial charge is 0.507 e. The quantitative estimate of drug-likeness (QED) is 0.371. The number of ether oxygens (including phenoxy) is 1. The van der Waals surface area contributed by atoms with Crippen molar-refractivity contribution in [2.24, 2.45) is 0 Å². The Morgan fingerprint density at radius 1 is 1.26 bits per heavy atom. The third-order valence-corrected chi connectivity index (χ3v) is 5.37. The van der Waals surface area contributed by atoms with Gasteiger partial charge in [0.2, 0.25) is 0 Å². The molecule has 4 aromatic rings. The Hall–Kier alpha value is -4.13. The number of benzene rings is 1. The number of rotatable bonds is 5. The van der Waals surface area contributed by atoms with Crippen molar-refractivity contribution < 1.29 is 37.4 Å². The summed E-state index contributed by atoms with van der Waals surface area (Å²) < 4.78 is 50.8. The first kappa shape index (κ1) is 21.7. The minimum atomic E-state index is -4.71. The Labute approximate surface area is 188 Å². The van der Waals surface area contributed by atoms with Crippen molar-refractivity contribution in [2.45, 2.75) is 31.2 Å². The van der Waals surface area contributed by atoms with E-state index >= 15 is 0 Å². The van der Waals surface area contributed by atoms with Gasteiger partial charge in [0.05, 0.1) is 23.6 Å². The maximum atomic E-state index is 13.2. The SMILES string of the molecule is O=C(OC1CC(O)C1)c1ccc(Nc2nccn3c(-c4conc4C(F)(F)F)cnc23)cc1O. The van der Waals surface area contributed by atoms with Crippen LogP contribution in [0.1, 0.15) is 28.9 Å². The molecule has 0 spiro atoms. The van der Waals surface area contributed by atoms with Crippen LogP contribution in [-0.2, 0) is 10.9 Å². The predicted molar refractivity (Wildman–Crippen MR) is 109 cm³/mol. The van der Waals surface area contributed by atoms with Crippen LogP contribution in [0.5, 0.6) is 5.75 Å². The predicted octanol–water partition coefficient (Wildman–Crippen LogP) is 3.53. The van der Waals surface area contributed by atoms with Crippen LogP contribution in [0.2, 0.25) is 0 Å². The summed E-state index contributed by atoms with van der Waals surface area (Å²) in [6, 6.07) is 4.14. The van der Waals surface area contributed by atoms with Gasteiger partial charge in [0, 0.05) is 37.0 Å². The summed E-state index contributed by atoms with van der Waals surface area (Å²) in [6.07, 6.45) is 0.0444. The van der Waals surface area contributed by atoms with Gasteiger partial charge in [-0.25, -0.2) is 14.8 Å². The van der Waals surface area contributed by atoms with E-state index in [1.807, 2.05) is 0 Å². The van der Waals surface area contributed by atoms with Crippen molar-refractivity contribution in [3.63, 3.8) is 0 Å². The fourth-order valence-electron chi connectivity index (χ4n) is 3.60. The van der Waals surface area contributed by atoms with E-state index in [-0.39, 0.29) is 40.1 Å². The lowest BCUT2D eigenvalue weighted by molar-refractivity contribution is -0.142. The normalized spacial score (nSPS) is 18.0. The molecular weight excluding hydrogens is 459 g/mol. The monoisotopic (exact) mass is 475 g/mol. The number of halogens is 3. The van der Waals surface area contributed by atoms with Gasteiger partial charge in [-0.2, -0.15) is 13.2 Å². The minimum absolute atomic E-state index is 0.0478. The lowest BCUT2D eigenvalue weighted by atomic mass is 9.92. The zero-order chi connectivity index (χ0) is 24.0. The number of hydrogen-bond donors (Lipinski definition) is 3. The summed E-state index contributed by atoms with van der Waals surface area (Å²) in [5.74, 6) is -0.865. The molecule has 1 saturated carbocycles. The van der Waals surface area contributed by atoms with Crippen LogP contribution in [0.15, 0.2) is 47.6 Å². The van der Waals surface area contributed by atoms with Crippen LogP contribution in [0, 0.1) is 0 Å². The van der Waals surface area contributed by atoms with Gasteiger partial charge in [-0.05, 0) is 12.1 Å². The van der Waals surface area contributed by atoms with E-state index in [2.05, 4.69) is 25.0 Å². The summed E-state index contributed by atoms with van der Waals surface area (Å²) in [6.45, 7) is 0. The van der Waals surface area contributed by atoms with Gasteiger partial charge < -0.3 is 24.8 Å². The molecule has 1 aliphatic carbocycles. The number of aromatic nitrogens is 4. The van der Waals surface area contributed by atoms with Crippen LogP contribution in [0.4, 0.5) is 24.7 Å². The first-order valence-electron chi connectivity index (χ1n) is 10.0. The number of fused-ring (bicyclic) bond motifs is 1. The third-order valence-electron chi connectivity index (χ3n) is 5.37. The molecule has 1 aromatic carbocycles. The number of alkyl halides is 3. The second kappa shape index (κ2) is 8.02. The molecule has 0 amide bonds. The molecule has 0 atom stereocenters. The van der Waals surface area contributed by atoms with Gasteiger partial charge in [-0.15, -0.1) is 0 Å². The number of esters is 1. The third kappa shape index (κ3) is 3.90. The number of aliphatic hydroxyl groups is 1. The molecule has 34 heavy (non-hydrogen) atoms. The molecule has 0 saturated heterocycles. The number of anilines is 2. The second-order valence-corrected chi connectivity index (χ2v) is 7.70. The van der Waals surface area contributed by atoms with Crippen molar-refractivity contribution in [1.82, 2.24) is 19.5 Å². The summed E-state index contributed by atoms with van der Waals surface area (Å²) in [4.78, 5) is 20.6. The van der Waals surface area contributed by atoms with Crippen LogP contribution >= 0.6 is 0 Å². The van der Waals surface area contributed by atoms with Crippen LogP contribution in [0.25, 0.3) is 16.9 Å². The van der Waals surface area contributed by atoms with Gasteiger partial charge in [0.25, 0.3) is 0 Å². The van der Waals surface area contributed by atoms with Crippen molar-refractivity contribution >= 4 is 23.1 Å². The lowest BCUT2D eigenvalue weighted by Crippen LogP contribution is -2.36. The molecule has 3 aromatic heterocycles. The maximum Gasteiger partial charge on any atom is 0.437 e. The minimum Gasteiger partial charge on any atom is -0.507 e. The van der Waals surface area contributed by atoms with E-state index in [0.29, 0.717) is 18.5 Å². The molecule has 1 aliphatic rings. The molecule has 176 valence electrons. The highest BCUT2D eigenvalue weighted by Gasteiger charge is 2.38. The number of carbonyl (C=O) groups is 1. The Morgan fingerprint density at radius 3 is 2.76 bits per heavy atom. The number of carbonyl (C=O) groups excluding carboxylic acids is 1. The highest BCUT2D eigenvalue weighted by atomic mass is 19.4. The van der Waals surface area contributed by atoms with E-state index < -0.39 is 23.9 Å². The molecule has 5 rings (SSSR count).